The summed E-state index contributed by atoms with van der Waals surface area (Å²) in [5.41, 5.74) is 2.41. The van der Waals surface area contributed by atoms with Crippen LogP contribution in [-0.2, 0) is 27.8 Å². The highest BCUT2D eigenvalue weighted by Gasteiger charge is 2.36. The lowest BCUT2D eigenvalue weighted by Crippen LogP contribution is -2.50. The fourth-order valence-corrected chi connectivity index (χ4v) is 5.72. The molecule has 9 nitrogen and oxygen atoms in total. The van der Waals surface area contributed by atoms with Gasteiger partial charge >= 0.3 is 0 Å². The first-order chi connectivity index (χ1) is 17.9. The molecule has 2 aliphatic heterocycles. The predicted octanol–water partition coefficient (Wildman–Crippen LogP) is 3.74. The molecule has 0 aliphatic carbocycles. The topological polar surface area (TPSA) is 121 Å². The average molecular weight is 521 g/mol. The molecule has 3 heterocycles. The largest absolute Gasteiger partial charge is 0.459 e. The molecule has 2 N–H and O–H groups in total. The van der Waals surface area contributed by atoms with Crippen molar-refractivity contribution in [3.63, 3.8) is 0 Å². The van der Waals surface area contributed by atoms with Crippen LogP contribution in [0, 0.1) is 0 Å². The van der Waals surface area contributed by atoms with E-state index in [2.05, 4.69) is 15.0 Å². The zero-order valence-electron chi connectivity index (χ0n) is 20.2. The second-order valence-electron chi connectivity index (χ2n) is 9.16. The van der Waals surface area contributed by atoms with E-state index in [0.29, 0.717) is 30.9 Å². The van der Waals surface area contributed by atoms with Crippen LogP contribution >= 0.6 is 0 Å². The van der Waals surface area contributed by atoms with Crippen molar-refractivity contribution in [2.24, 2.45) is 4.99 Å². The second kappa shape index (κ2) is 10.6. The Morgan fingerprint density at radius 2 is 1.73 bits per heavy atom. The van der Waals surface area contributed by atoms with Crippen LogP contribution < -0.4 is 10.0 Å². The number of carbonyl (C=O) groups excluding carboxylic acids is 2. The smallest absolute Gasteiger partial charge is 0.290 e. The molecule has 1 aromatic heterocycles. The summed E-state index contributed by atoms with van der Waals surface area (Å²) in [5.74, 6) is -0.0872. The number of hydrogen-bond acceptors (Lipinski definition) is 6. The van der Waals surface area contributed by atoms with Gasteiger partial charge in [-0.1, -0.05) is 30.7 Å². The standard InChI is InChI=1S/C27H28N4O5S/c32-26(23-17-19-7-3-4-8-20(19)18-31(23)27(33)24-9-6-16-36-24)29-21-11-13-22(14-12-21)37(34,35)30-25-10-2-1-5-15-28-25/h3-4,6-9,11-14,16,23H,1-2,5,10,15,17-18H2,(H,28,30)(H,29,32)/t23-/m1/s1. The number of nitrogens with zero attached hydrogens (tertiary/aromatic N) is 2. The van der Waals surface area contributed by atoms with E-state index in [0.717, 1.165) is 30.4 Å². The van der Waals surface area contributed by atoms with Crippen LogP contribution in [0.3, 0.4) is 0 Å². The van der Waals surface area contributed by atoms with Crippen molar-refractivity contribution in [2.75, 3.05) is 11.9 Å². The number of benzene rings is 2. The maximum absolute atomic E-state index is 13.4. The van der Waals surface area contributed by atoms with Gasteiger partial charge in [-0.05, 0) is 60.4 Å². The highest BCUT2D eigenvalue weighted by molar-refractivity contribution is 7.90. The van der Waals surface area contributed by atoms with Gasteiger partial charge in [0.25, 0.3) is 15.9 Å². The Morgan fingerprint density at radius 3 is 2.49 bits per heavy atom. The molecule has 192 valence electrons. The molecule has 0 fully saturated rings. The van der Waals surface area contributed by atoms with Crippen LogP contribution in [0.2, 0.25) is 0 Å². The van der Waals surface area contributed by atoms with Crippen molar-refractivity contribution in [1.29, 1.82) is 0 Å². The second-order valence-corrected chi connectivity index (χ2v) is 10.8. The number of carbonyl (C=O) groups is 2. The number of amides is 2. The minimum atomic E-state index is -3.78. The number of sulfonamides is 1. The van der Waals surface area contributed by atoms with Crippen LogP contribution in [0.25, 0.3) is 0 Å². The van der Waals surface area contributed by atoms with Gasteiger partial charge in [-0.25, -0.2) is 8.42 Å². The molecular weight excluding hydrogens is 492 g/mol. The molecule has 2 aromatic carbocycles. The number of rotatable bonds is 5. The molecule has 3 aromatic rings. The Balaban J connectivity index is 1.32. The normalized spacial score (nSPS) is 17.8. The lowest BCUT2D eigenvalue weighted by Gasteiger charge is -2.35. The molecule has 2 amide bonds. The van der Waals surface area contributed by atoms with Gasteiger partial charge in [-0.3, -0.25) is 19.3 Å². The van der Waals surface area contributed by atoms with E-state index in [1.165, 1.54) is 35.4 Å². The summed E-state index contributed by atoms with van der Waals surface area (Å²) in [6.45, 7) is 0.897. The first kappa shape index (κ1) is 24.8. The Bertz CT molecular complexity index is 1420. The molecule has 0 saturated heterocycles. The van der Waals surface area contributed by atoms with Gasteiger partial charge in [0.1, 0.15) is 11.9 Å². The van der Waals surface area contributed by atoms with E-state index in [4.69, 9.17) is 4.42 Å². The van der Waals surface area contributed by atoms with Crippen LogP contribution in [0.5, 0.6) is 0 Å². The number of furan rings is 1. The molecule has 0 saturated carbocycles. The number of anilines is 1. The molecule has 37 heavy (non-hydrogen) atoms. The van der Waals surface area contributed by atoms with Crippen molar-refractivity contribution >= 4 is 33.4 Å². The van der Waals surface area contributed by atoms with Crippen molar-refractivity contribution in [1.82, 2.24) is 9.62 Å². The zero-order chi connectivity index (χ0) is 25.8. The third kappa shape index (κ3) is 5.59. The fourth-order valence-electron chi connectivity index (χ4n) is 4.63. The lowest BCUT2D eigenvalue weighted by atomic mass is 9.93. The van der Waals surface area contributed by atoms with Gasteiger partial charge in [0, 0.05) is 31.6 Å². The Labute approximate surface area is 215 Å². The summed E-state index contributed by atoms with van der Waals surface area (Å²) in [5, 5.41) is 2.84. The van der Waals surface area contributed by atoms with Gasteiger partial charge in [-0.15, -0.1) is 0 Å². The van der Waals surface area contributed by atoms with Crippen molar-refractivity contribution in [3.05, 3.63) is 83.8 Å². The summed E-state index contributed by atoms with van der Waals surface area (Å²) >= 11 is 0. The zero-order valence-corrected chi connectivity index (χ0v) is 21.0. The van der Waals surface area contributed by atoms with E-state index >= 15 is 0 Å². The quantitative estimate of drug-likeness (QED) is 0.531. The molecule has 2 aliphatic rings. The van der Waals surface area contributed by atoms with Crippen LogP contribution in [-0.4, -0.2) is 43.6 Å². The Kier molecular flexibility index (Phi) is 7.09. The van der Waals surface area contributed by atoms with Crippen molar-refractivity contribution in [2.45, 2.75) is 49.6 Å². The third-order valence-corrected chi connectivity index (χ3v) is 8.00. The first-order valence-electron chi connectivity index (χ1n) is 12.3. The van der Waals surface area contributed by atoms with Crippen LogP contribution in [0.4, 0.5) is 5.69 Å². The Morgan fingerprint density at radius 1 is 0.946 bits per heavy atom. The van der Waals surface area contributed by atoms with Crippen molar-refractivity contribution in [3.8, 4) is 0 Å². The van der Waals surface area contributed by atoms with Crippen LogP contribution in [0.15, 0.2) is 81.2 Å². The van der Waals surface area contributed by atoms with Gasteiger partial charge in [0.15, 0.2) is 5.76 Å². The minimum absolute atomic E-state index is 0.0821. The third-order valence-electron chi connectivity index (χ3n) is 6.60. The monoisotopic (exact) mass is 520 g/mol. The summed E-state index contributed by atoms with van der Waals surface area (Å²) in [6.07, 6.45) is 5.26. The van der Waals surface area contributed by atoms with E-state index in [9.17, 15) is 18.0 Å². The summed E-state index contributed by atoms with van der Waals surface area (Å²) in [4.78, 5) is 32.4. The highest BCUT2D eigenvalue weighted by Crippen LogP contribution is 2.26. The van der Waals surface area contributed by atoms with E-state index in [1.807, 2.05) is 24.3 Å². The molecular formula is C27H28N4O5S. The van der Waals surface area contributed by atoms with E-state index < -0.39 is 16.1 Å². The maximum atomic E-state index is 13.4. The molecule has 5 rings (SSSR count). The summed E-state index contributed by atoms with van der Waals surface area (Å²) in [7, 11) is -3.78. The Hall–Kier alpha value is -3.92. The molecule has 0 radical (unpaired) electrons. The minimum Gasteiger partial charge on any atom is -0.459 e. The fraction of sp³-hybridized carbons (Fsp3) is 0.296. The SMILES string of the molecule is O=C(Nc1ccc(S(=O)(=O)NC2=NCCCCC2)cc1)[C@H]1Cc2ccccc2CN1C(=O)c1ccco1. The average Bonchev–Trinajstić information content (AvgIpc) is 3.33. The van der Waals surface area contributed by atoms with Gasteiger partial charge in [-0.2, -0.15) is 0 Å². The number of amidine groups is 1. The van der Waals surface area contributed by atoms with E-state index in [1.54, 1.807) is 12.1 Å². The molecule has 0 unspecified atom stereocenters. The number of nitrogens with one attached hydrogen (secondary N) is 2. The van der Waals surface area contributed by atoms with E-state index in [-0.39, 0.29) is 29.0 Å². The first-order valence-corrected chi connectivity index (χ1v) is 13.8. The van der Waals surface area contributed by atoms with Crippen molar-refractivity contribution < 1.29 is 22.4 Å². The summed E-state index contributed by atoms with van der Waals surface area (Å²) < 4.78 is 33.5. The molecule has 0 spiro atoms. The number of hydrogen-bond donors (Lipinski definition) is 2. The lowest BCUT2D eigenvalue weighted by molar-refractivity contribution is -0.121. The van der Waals surface area contributed by atoms with Gasteiger partial charge < -0.3 is 14.6 Å². The summed E-state index contributed by atoms with van der Waals surface area (Å²) in [6, 6.07) is 16.1. The number of aliphatic imine (C=N–C) groups is 1. The maximum Gasteiger partial charge on any atom is 0.290 e. The van der Waals surface area contributed by atoms with Gasteiger partial charge in [0.05, 0.1) is 11.2 Å². The van der Waals surface area contributed by atoms with Crippen LogP contribution in [0.1, 0.15) is 47.4 Å². The predicted molar refractivity (Wildman–Crippen MR) is 139 cm³/mol. The number of fused-ring (bicyclic) bond motifs is 1. The molecule has 0 bridgehead atoms. The molecule has 10 heteroatoms. The molecule has 1 atom stereocenters. The van der Waals surface area contributed by atoms with Gasteiger partial charge in [0.2, 0.25) is 5.91 Å². The highest BCUT2D eigenvalue weighted by atomic mass is 32.2.